The Morgan fingerprint density at radius 3 is 1.83 bits per heavy atom. The average Bonchev–Trinajstić information content (AvgIpc) is 2.70. The summed E-state index contributed by atoms with van der Waals surface area (Å²) in [5.74, 6) is -0.346. The number of benzene rings is 2. The number of nitrogens with one attached hydrogen (secondary N) is 1. The molecule has 0 radical (unpaired) electrons. The van der Waals surface area contributed by atoms with Crippen LogP contribution in [0.25, 0.3) is 0 Å². The van der Waals surface area contributed by atoms with Crippen molar-refractivity contribution < 1.29 is 33.2 Å². The molecule has 1 N–H and O–H groups in total. The van der Waals surface area contributed by atoms with Gasteiger partial charge in [-0.3, -0.25) is 14.7 Å². The van der Waals surface area contributed by atoms with Crippen LogP contribution in [0.5, 0.6) is 11.5 Å². The molecule has 2 rings (SSSR count). The molecular weight excluding hydrogens is 503 g/mol. The summed E-state index contributed by atoms with van der Waals surface area (Å²) in [7, 11) is -4.09. The lowest BCUT2D eigenvalue weighted by atomic mass is 10.3. The highest BCUT2D eigenvalue weighted by atomic mass is 35.5. The van der Waals surface area contributed by atoms with Gasteiger partial charge in [-0.2, -0.15) is 0 Å². The first-order valence-electron chi connectivity index (χ1n) is 8.30. The Labute approximate surface area is 192 Å². The van der Waals surface area contributed by atoms with Crippen LogP contribution in [0.1, 0.15) is 6.92 Å². The maximum Gasteiger partial charge on any atom is 0.418 e. The number of esters is 1. The molecule has 0 unspecified atom stereocenters. The molecule has 0 aliphatic carbocycles. The third-order valence-corrected chi connectivity index (χ3v) is 5.85. The van der Waals surface area contributed by atoms with Crippen LogP contribution in [0.2, 0.25) is 20.1 Å². The van der Waals surface area contributed by atoms with Crippen LogP contribution < -0.4 is 15.1 Å². The van der Waals surface area contributed by atoms with Crippen molar-refractivity contribution in [2.45, 2.75) is 6.92 Å². The van der Waals surface area contributed by atoms with Crippen LogP contribution in [-0.2, 0) is 23.4 Å². The van der Waals surface area contributed by atoms with Gasteiger partial charge in [-0.15, -0.1) is 0 Å². The van der Waals surface area contributed by atoms with Crippen molar-refractivity contribution in [3.05, 3.63) is 56.5 Å². The number of carbonyl (C=O) groups excluding carboxylic acids is 1. The number of hydrogen-bond acceptors (Lipinski definition) is 8. The predicted octanol–water partition coefficient (Wildman–Crippen LogP) is 5.92. The molecule has 0 aliphatic rings. The van der Waals surface area contributed by atoms with Crippen LogP contribution in [0, 0.1) is 0 Å². The largest absolute Gasteiger partial charge is 0.465 e. The van der Waals surface area contributed by atoms with Crippen molar-refractivity contribution in [2.24, 2.45) is 0 Å². The molecule has 0 bridgehead atoms. The fourth-order valence-corrected chi connectivity index (χ4v) is 3.32. The van der Waals surface area contributed by atoms with E-state index in [9.17, 15) is 9.36 Å². The minimum Gasteiger partial charge on any atom is -0.465 e. The third-order valence-electron chi connectivity index (χ3n) is 3.16. The van der Waals surface area contributed by atoms with E-state index in [1.54, 1.807) is 6.92 Å². The molecule has 0 fully saturated rings. The molecule has 0 aliphatic heterocycles. The fraction of sp³-hybridized carbons (Fsp3) is 0.235. The standard InChI is InChI=1S/C17H16Cl4NO7P/c1-2-25-17(23)9-22-10-30(24,28-26-11-3-5-13(18)15(20)7-11)29-27-12-4-6-14(19)16(21)8-12/h3-8,22H,2,9-10H2,1H3. The van der Waals surface area contributed by atoms with Gasteiger partial charge in [0.2, 0.25) is 0 Å². The van der Waals surface area contributed by atoms with Crippen molar-refractivity contribution >= 4 is 60.0 Å². The molecular formula is C17H16Cl4NO7P. The second-order valence-corrected chi connectivity index (χ2v) is 8.93. The molecule has 0 amide bonds. The molecule has 0 atom stereocenters. The zero-order valence-corrected chi connectivity index (χ0v) is 19.3. The topological polar surface area (TPSA) is 92.3 Å². The van der Waals surface area contributed by atoms with Gasteiger partial charge >= 0.3 is 13.6 Å². The SMILES string of the molecule is CCOC(=O)CNCP(=O)(OOc1ccc(Cl)c(Cl)c1)OOc1ccc(Cl)c(Cl)c1. The summed E-state index contributed by atoms with van der Waals surface area (Å²) >= 11 is 23.5. The monoisotopic (exact) mass is 517 g/mol. The van der Waals surface area contributed by atoms with Crippen molar-refractivity contribution in [1.82, 2.24) is 5.32 Å². The lowest BCUT2D eigenvalue weighted by Crippen LogP contribution is -2.27. The summed E-state index contributed by atoms with van der Waals surface area (Å²) in [6.45, 7) is 1.61. The quantitative estimate of drug-likeness (QED) is 0.169. The van der Waals surface area contributed by atoms with Gasteiger partial charge in [-0.1, -0.05) is 55.8 Å². The highest BCUT2D eigenvalue weighted by molar-refractivity contribution is 7.53. The van der Waals surface area contributed by atoms with Crippen molar-refractivity contribution in [2.75, 3.05) is 19.4 Å². The van der Waals surface area contributed by atoms with E-state index in [1.807, 2.05) is 0 Å². The summed E-state index contributed by atoms with van der Waals surface area (Å²) in [4.78, 5) is 21.5. The van der Waals surface area contributed by atoms with E-state index in [0.29, 0.717) is 10.0 Å². The minimum atomic E-state index is -4.09. The molecule has 0 heterocycles. The molecule has 0 saturated heterocycles. The molecule has 2 aromatic carbocycles. The molecule has 8 nitrogen and oxygen atoms in total. The number of carbonyl (C=O) groups is 1. The Hall–Kier alpha value is -1.22. The van der Waals surface area contributed by atoms with Crippen molar-refractivity contribution in [3.8, 4) is 11.5 Å². The first-order chi connectivity index (χ1) is 14.2. The average molecular weight is 519 g/mol. The summed E-state index contributed by atoms with van der Waals surface area (Å²) in [6.07, 6.45) is -0.450. The number of halogens is 4. The maximum atomic E-state index is 13.0. The van der Waals surface area contributed by atoms with E-state index in [0.717, 1.165) is 0 Å². The van der Waals surface area contributed by atoms with Gasteiger partial charge in [-0.05, 0) is 31.2 Å². The highest BCUT2D eigenvalue weighted by Gasteiger charge is 2.30. The molecule has 13 heteroatoms. The Morgan fingerprint density at radius 1 is 0.900 bits per heavy atom. The zero-order valence-electron chi connectivity index (χ0n) is 15.4. The molecule has 0 spiro atoms. The second kappa shape index (κ2) is 12.0. The number of rotatable bonds is 11. The van der Waals surface area contributed by atoms with Crippen molar-refractivity contribution in [3.63, 3.8) is 0 Å². The molecule has 164 valence electrons. The lowest BCUT2D eigenvalue weighted by molar-refractivity contribution is -0.171. The second-order valence-electron chi connectivity index (χ2n) is 5.47. The van der Waals surface area contributed by atoms with Crippen LogP contribution in [-0.4, -0.2) is 25.4 Å². The van der Waals surface area contributed by atoms with Crippen LogP contribution in [0.4, 0.5) is 0 Å². The van der Waals surface area contributed by atoms with Crippen molar-refractivity contribution in [1.29, 1.82) is 0 Å². The van der Waals surface area contributed by atoms with E-state index in [-0.39, 0.29) is 34.7 Å². The first-order valence-corrected chi connectivity index (χ1v) is 11.5. The van der Waals surface area contributed by atoms with E-state index in [4.69, 9.17) is 70.3 Å². The number of hydrogen-bond donors (Lipinski definition) is 1. The lowest BCUT2D eigenvalue weighted by Gasteiger charge is -2.17. The van der Waals surface area contributed by atoms with Gasteiger partial charge in [0, 0.05) is 12.1 Å². The van der Waals surface area contributed by atoms with Gasteiger partial charge in [0.05, 0.1) is 33.2 Å². The van der Waals surface area contributed by atoms with Gasteiger partial charge in [0.25, 0.3) is 0 Å². The van der Waals surface area contributed by atoms with Crippen LogP contribution >= 0.6 is 54.0 Å². The van der Waals surface area contributed by atoms with E-state index < -0.39 is 19.9 Å². The first kappa shape index (κ1) is 25.0. The summed E-state index contributed by atoms with van der Waals surface area (Å²) < 4.78 is 27.7. The highest BCUT2D eigenvalue weighted by Crippen LogP contribution is 2.48. The fourth-order valence-electron chi connectivity index (χ4n) is 1.83. The molecule has 2 aromatic rings. The summed E-state index contributed by atoms with van der Waals surface area (Å²) in [5, 5.41) is 3.56. The Morgan fingerprint density at radius 2 is 1.40 bits per heavy atom. The van der Waals surface area contributed by atoms with Gasteiger partial charge in [0.1, 0.15) is 6.29 Å². The van der Waals surface area contributed by atoms with E-state index >= 15 is 0 Å². The van der Waals surface area contributed by atoms with E-state index in [1.165, 1.54) is 36.4 Å². The normalized spacial score (nSPS) is 11.2. The zero-order chi connectivity index (χ0) is 22.1. The summed E-state index contributed by atoms with van der Waals surface area (Å²) in [5.41, 5.74) is 0. The minimum absolute atomic E-state index is 0.105. The van der Waals surface area contributed by atoms with Gasteiger partial charge in [0.15, 0.2) is 11.5 Å². The van der Waals surface area contributed by atoms with Crippen LogP contribution in [0.15, 0.2) is 36.4 Å². The molecule has 0 aromatic heterocycles. The van der Waals surface area contributed by atoms with Gasteiger partial charge < -0.3 is 14.5 Å². The Bertz CT molecular complexity index is 871. The Balaban J connectivity index is 2.05. The smallest absolute Gasteiger partial charge is 0.418 e. The molecule has 0 saturated carbocycles. The summed E-state index contributed by atoms with van der Waals surface area (Å²) in [6, 6.07) is 8.48. The predicted molar refractivity (Wildman–Crippen MR) is 113 cm³/mol. The Kier molecular flexibility index (Phi) is 10.0. The maximum absolute atomic E-state index is 13.0. The van der Waals surface area contributed by atoms with Crippen LogP contribution in [0.3, 0.4) is 0 Å². The van der Waals surface area contributed by atoms with E-state index in [2.05, 4.69) is 5.32 Å². The number of ether oxygens (including phenoxy) is 1. The molecule has 30 heavy (non-hydrogen) atoms. The third kappa shape index (κ3) is 8.13. The van der Waals surface area contributed by atoms with Gasteiger partial charge in [-0.25, -0.2) is 0 Å².